The highest BCUT2D eigenvalue weighted by Crippen LogP contribution is 2.39. The lowest BCUT2D eigenvalue weighted by molar-refractivity contribution is 0.653. The van der Waals surface area contributed by atoms with Crippen molar-refractivity contribution >= 4 is 43.9 Å². The molecule has 0 aliphatic rings. The molecule has 0 aliphatic carbocycles. The molecule has 0 unspecified atom stereocenters. The molecule has 6 aromatic carbocycles. The van der Waals surface area contributed by atoms with Crippen LogP contribution in [0.3, 0.4) is 0 Å². The Morgan fingerprint density at radius 3 is 1.89 bits per heavy atom. The Morgan fingerprint density at radius 1 is 0.455 bits per heavy atom. The van der Waals surface area contributed by atoms with Crippen LogP contribution in [-0.4, -0.2) is 14.5 Å². The molecular weight excluding hydrogens is 538 g/mol. The first-order chi connectivity index (χ1) is 21.8. The minimum absolute atomic E-state index is 0.588. The molecule has 0 aliphatic heterocycles. The van der Waals surface area contributed by atoms with Crippen molar-refractivity contribution in [1.82, 2.24) is 14.5 Å². The lowest BCUT2D eigenvalue weighted by Crippen LogP contribution is -1.95. The van der Waals surface area contributed by atoms with E-state index in [0.29, 0.717) is 11.5 Å². The molecule has 0 bridgehead atoms. The van der Waals surface area contributed by atoms with Crippen molar-refractivity contribution in [3.8, 4) is 39.5 Å². The van der Waals surface area contributed by atoms with Crippen LogP contribution in [0.2, 0.25) is 0 Å². The van der Waals surface area contributed by atoms with Gasteiger partial charge in [-0.15, -0.1) is 0 Å². The molecule has 0 spiro atoms. The summed E-state index contributed by atoms with van der Waals surface area (Å²) in [6.07, 6.45) is 0. The second-order valence-corrected chi connectivity index (χ2v) is 11.0. The Balaban J connectivity index is 1.26. The number of furan rings is 1. The number of aromatic nitrogens is 3. The van der Waals surface area contributed by atoms with Gasteiger partial charge in [-0.05, 0) is 53.6 Å². The number of hydrogen-bond acceptors (Lipinski definition) is 3. The molecule has 0 radical (unpaired) electrons. The van der Waals surface area contributed by atoms with Gasteiger partial charge in [-0.2, -0.15) is 4.98 Å². The van der Waals surface area contributed by atoms with Gasteiger partial charge < -0.3 is 8.98 Å². The topological polar surface area (TPSA) is 43.9 Å². The maximum atomic E-state index is 6.33. The minimum atomic E-state index is 0.588. The van der Waals surface area contributed by atoms with Crippen molar-refractivity contribution in [2.24, 2.45) is 0 Å². The van der Waals surface area contributed by atoms with Crippen LogP contribution < -0.4 is 0 Å². The Labute approximate surface area is 253 Å². The van der Waals surface area contributed by atoms with Crippen molar-refractivity contribution in [2.75, 3.05) is 0 Å². The van der Waals surface area contributed by atoms with Crippen LogP contribution in [0.15, 0.2) is 156 Å². The zero-order valence-electron chi connectivity index (χ0n) is 23.7. The summed E-state index contributed by atoms with van der Waals surface area (Å²) in [5, 5.41) is 4.29. The van der Waals surface area contributed by atoms with Gasteiger partial charge in [0.05, 0.1) is 22.1 Å². The SMILES string of the molecule is c1ccc(-c2ccc(-c3nc(-c4ccc5c(c4)c4ccccc4n5-c4ccccc4)nc4oc5ccccc5c34)cc2)cc1. The summed E-state index contributed by atoms with van der Waals surface area (Å²) in [6, 6.07) is 52.7. The van der Waals surface area contributed by atoms with E-state index in [2.05, 4.69) is 126 Å². The summed E-state index contributed by atoms with van der Waals surface area (Å²) in [6.45, 7) is 0. The van der Waals surface area contributed by atoms with Gasteiger partial charge in [0.15, 0.2) is 5.82 Å². The quantitative estimate of drug-likeness (QED) is 0.214. The van der Waals surface area contributed by atoms with E-state index < -0.39 is 0 Å². The normalized spacial score (nSPS) is 11.6. The smallest absolute Gasteiger partial charge is 0.231 e. The van der Waals surface area contributed by atoms with Crippen LogP contribution in [0.25, 0.3) is 83.3 Å². The van der Waals surface area contributed by atoms with Gasteiger partial charge in [-0.25, -0.2) is 4.98 Å². The fourth-order valence-electron chi connectivity index (χ4n) is 6.38. The molecule has 9 aromatic rings. The van der Waals surface area contributed by atoms with E-state index >= 15 is 0 Å². The Hall–Kier alpha value is -6.00. The molecule has 0 fully saturated rings. The highest BCUT2D eigenvalue weighted by molar-refractivity contribution is 6.12. The summed E-state index contributed by atoms with van der Waals surface area (Å²) >= 11 is 0. The van der Waals surface area contributed by atoms with Gasteiger partial charge in [0.2, 0.25) is 5.71 Å². The van der Waals surface area contributed by atoms with Crippen LogP contribution in [0.1, 0.15) is 0 Å². The summed E-state index contributed by atoms with van der Waals surface area (Å²) in [5.74, 6) is 0.636. The molecule has 9 rings (SSSR count). The predicted octanol–water partition coefficient (Wildman–Crippen LogP) is 10.5. The molecule has 0 saturated heterocycles. The first-order valence-corrected chi connectivity index (χ1v) is 14.8. The second-order valence-electron chi connectivity index (χ2n) is 11.0. The summed E-state index contributed by atoms with van der Waals surface area (Å²) in [7, 11) is 0. The summed E-state index contributed by atoms with van der Waals surface area (Å²) < 4.78 is 8.65. The van der Waals surface area contributed by atoms with E-state index in [-0.39, 0.29) is 0 Å². The minimum Gasteiger partial charge on any atom is -0.438 e. The molecule has 0 N–H and O–H groups in total. The standard InChI is InChI=1S/C40H25N3O/c1-3-11-26(12-4-1)27-19-21-28(22-20-27)38-37-32-16-8-10-18-36(32)44-40(37)42-39(41-38)29-23-24-35-33(25-29)31-15-7-9-17-34(31)43(35)30-13-5-2-6-14-30/h1-25H. The number of benzene rings is 6. The third-order valence-corrected chi connectivity index (χ3v) is 8.45. The van der Waals surface area contributed by atoms with E-state index in [1.54, 1.807) is 0 Å². The molecule has 0 amide bonds. The van der Waals surface area contributed by atoms with Crippen molar-refractivity contribution in [2.45, 2.75) is 0 Å². The van der Waals surface area contributed by atoms with Gasteiger partial charge in [0, 0.05) is 33.0 Å². The lowest BCUT2D eigenvalue weighted by atomic mass is 10.0. The third kappa shape index (κ3) is 3.85. The van der Waals surface area contributed by atoms with Gasteiger partial charge in [-0.1, -0.05) is 109 Å². The maximum absolute atomic E-state index is 6.33. The molecular formula is C40H25N3O. The van der Waals surface area contributed by atoms with Crippen molar-refractivity contribution in [1.29, 1.82) is 0 Å². The Kier molecular flexibility index (Phi) is 5.47. The summed E-state index contributed by atoms with van der Waals surface area (Å²) in [4.78, 5) is 10.2. The first kappa shape index (κ1) is 24.6. The van der Waals surface area contributed by atoms with Crippen LogP contribution in [0.4, 0.5) is 0 Å². The Morgan fingerprint density at radius 2 is 1.07 bits per heavy atom. The fourth-order valence-corrected chi connectivity index (χ4v) is 6.38. The van der Waals surface area contributed by atoms with Crippen molar-refractivity contribution in [3.05, 3.63) is 152 Å². The highest BCUT2D eigenvalue weighted by atomic mass is 16.3. The van der Waals surface area contributed by atoms with Crippen LogP contribution in [-0.2, 0) is 0 Å². The first-order valence-electron chi connectivity index (χ1n) is 14.8. The largest absolute Gasteiger partial charge is 0.438 e. The Bertz CT molecular complexity index is 2470. The van der Waals surface area contributed by atoms with Crippen LogP contribution >= 0.6 is 0 Å². The molecule has 4 heteroatoms. The van der Waals surface area contributed by atoms with Crippen molar-refractivity contribution < 1.29 is 4.42 Å². The van der Waals surface area contributed by atoms with E-state index in [0.717, 1.165) is 55.3 Å². The molecule has 44 heavy (non-hydrogen) atoms. The van der Waals surface area contributed by atoms with Gasteiger partial charge in [0.25, 0.3) is 0 Å². The highest BCUT2D eigenvalue weighted by Gasteiger charge is 2.19. The monoisotopic (exact) mass is 563 g/mol. The maximum Gasteiger partial charge on any atom is 0.231 e. The third-order valence-electron chi connectivity index (χ3n) is 8.45. The van der Waals surface area contributed by atoms with Crippen LogP contribution in [0.5, 0.6) is 0 Å². The van der Waals surface area contributed by atoms with Crippen LogP contribution in [0, 0.1) is 0 Å². The lowest BCUT2D eigenvalue weighted by Gasteiger charge is -2.09. The molecule has 4 nitrogen and oxygen atoms in total. The molecule has 3 aromatic heterocycles. The van der Waals surface area contributed by atoms with Gasteiger partial charge in [-0.3, -0.25) is 0 Å². The summed E-state index contributed by atoms with van der Waals surface area (Å²) in [5.41, 5.74) is 10.0. The van der Waals surface area contributed by atoms with E-state index in [9.17, 15) is 0 Å². The van der Waals surface area contributed by atoms with E-state index in [4.69, 9.17) is 14.4 Å². The number of fused-ring (bicyclic) bond motifs is 6. The predicted molar refractivity (Wildman–Crippen MR) is 180 cm³/mol. The van der Waals surface area contributed by atoms with E-state index in [1.165, 1.54) is 16.5 Å². The number of hydrogen-bond donors (Lipinski definition) is 0. The molecule has 0 atom stereocenters. The fraction of sp³-hybridized carbons (Fsp3) is 0. The number of para-hydroxylation sites is 3. The van der Waals surface area contributed by atoms with Gasteiger partial charge in [0.1, 0.15) is 5.58 Å². The zero-order valence-corrected chi connectivity index (χ0v) is 23.7. The second kappa shape index (κ2) is 9.79. The average molecular weight is 564 g/mol. The zero-order chi connectivity index (χ0) is 29.0. The average Bonchev–Trinajstić information content (AvgIpc) is 3.64. The number of nitrogens with zero attached hydrogens (tertiary/aromatic N) is 3. The van der Waals surface area contributed by atoms with Gasteiger partial charge >= 0.3 is 0 Å². The van der Waals surface area contributed by atoms with E-state index in [1.807, 2.05) is 30.3 Å². The number of rotatable bonds is 4. The van der Waals surface area contributed by atoms with Crippen molar-refractivity contribution in [3.63, 3.8) is 0 Å². The molecule has 0 saturated carbocycles. The molecule has 206 valence electrons. The molecule has 3 heterocycles.